The average Bonchev–Trinajstić information content (AvgIpc) is 2.89. The van der Waals surface area contributed by atoms with Gasteiger partial charge in [-0.2, -0.15) is 4.98 Å². The summed E-state index contributed by atoms with van der Waals surface area (Å²) >= 11 is 0. The first-order valence-electron chi connectivity index (χ1n) is 6.43. The Morgan fingerprint density at radius 1 is 1.32 bits per heavy atom. The second-order valence-corrected chi connectivity index (χ2v) is 4.16. The van der Waals surface area contributed by atoms with Crippen molar-refractivity contribution in [3.8, 4) is 17.3 Å². The SMILES string of the molecule is CCN(CC)CCc1noc(-c2ncccc2O)n1. The lowest BCUT2D eigenvalue weighted by molar-refractivity contribution is 0.303. The molecule has 0 bridgehead atoms. The molecule has 0 unspecified atom stereocenters. The molecule has 2 rings (SSSR count). The summed E-state index contributed by atoms with van der Waals surface area (Å²) in [5, 5.41) is 13.6. The highest BCUT2D eigenvalue weighted by atomic mass is 16.5. The highest BCUT2D eigenvalue weighted by Crippen LogP contribution is 2.24. The van der Waals surface area contributed by atoms with Gasteiger partial charge in [0.1, 0.15) is 5.75 Å². The monoisotopic (exact) mass is 262 g/mol. The van der Waals surface area contributed by atoms with Crippen LogP contribution in [0.2, 0.25) is 0 Å². The summed E-state index contributed by atoms with van der Waals surface area (Å²) in [5.74, 6) is 0.932. The Hall–Kier alpha value is -1.95. The van der Waals surface area contributed by atoms with Gasteiger partial charge < -0.3 is 14.5 Å². The summed E-state index contributed by atoms with van der Waals surface area (Å²) in [7, 11) is 0. The maximum absolute atomic E-state index is 9.67. The van der Waals surface area contributed by atoms with Crippen molar-refractivity contribution >= 4 is 0 Å². The number of pyridine rings is 1. The van der Waals surface area contributed by atoms with Crippen LogP contribution in [-0.4, -0.2) is 44.8 Å². The van der Waals surface area contributed by atoms with E-state index in [0.29, 0.717) is 11.5 Å². The zero-order valence-corrected chi connectivity index (χ0v) is 11.2. The van der Waals surface area contributed by atoms with Crippen LogP contribution in [0.3, 0.4) is 0 Å². The first kappa shape index (κ1) is 13.5. The summed E-state index contributed by atoms with van der Waals surface area (Å²) in [4.78, 5) is 10.6. The van der Waals surface area contributed by atoms with Crippen LogP contribution in [0.4, 0.5) is 0 Å². The predicted molar refractivity (Wildman–Crippen MR) is 70.7 cm³/mol. The van der Waals surface area contributed by atoms with E-state index >= 15 is 0 Å². The van der Waals surface area contributed by atoms with Gasteiger partial charge >= 0.3 is 0 Å². The largest absolute Gasteiger partial charge is 0.505 e. The number of hydrogen-bond acceptors (Lipinski definition) is 6. The fourth-order valence-electron chi connectivity index (χ4n) is 1.81. The van der Waals surface area contributed by atoms with Gasteiger partial charge in [0, 0.05) is 19.2 Å². The number of hydrogen-bond donors (Lipinski definition) is 1. The Morgan fingerprint density at radius 3 is 2.79 bits per heavy atom. The normalized spacial score (nSPS) is 11.1. The summed E-state index contributed by atoms with van der Waals surface area (Å²) in [6.45, 7) is 7.14. The molecular formula is C13H18N4O2. The van der Waals surface area contributed by atoms with Crippen LogP contribution in [0, 0.1) is 0 Å². The van der Waals surface area contributed by atoms with Crippen LogP contribution in [0.15, 0.2) is 22.9 Å². The van der Waals surface area contributed by atoms with Gasteiger partial charge in [-0.1, -0.05) is 19.0 Å². The summed E-state index contributed by atoms with van der Waals surface area (Å²) in [6.07, 6.45) is 2.30. The van der Waals surface area contributed by atoms with E-state index in [1.54, 1.807) is 18.3 Å². The molecule has 2 heterocycles. The van der Waals surface area contributed by atoms with E-state index in [0.717, 1.165) is 26.1 Å². The van der Waals surface area contributed by atoms with Gasteiger partial charge in [0.2, 0.25) is 0 Å². The molecule has 2 aromatic heterocycles. The molecule has 1 N–H and O–H groups in total. The Kier molecular flexibility index (Phi) is 4.46. The summed E-state index contributed by atoms with van der Waals surface area (Å²) < 4.78 is 5.13. The highest BCUT2D eigenvalue weighted by Gasteiger charge is 2.14. The van der Waals surface area contributed by atoms with Crippen LogP contribution in [0.25, 0.3) is 11.6 Å². The minimum absolute atomic E-state index is 0.0430. The minimum Gasteiger partial charge on any atom is -0.505 e. The highest BCUT2D eigenvalue weighted by molar-refractivity contribution is 5.55. The van der Waals surface area contributed by atoms with Crippen molar-refractivity contribution in [2.75, 3.05) is 19.6 Å². The number of aromatic hydroxyl groups is 1. The fourth-order valence-corrected chi connectivity index (χ4v) is 1.81. The standard InChI is InChI=1S/C13H18N4O2/c1-3-17(4-2)9-7-11-15-13(19-16-11)12-10(18)6-5-8-14-12/h5-6,8,18H,3-4,7,9H2,1-2H3. The van der Waals surface area contributed by atoms with Crippen LogP contribution < -0.4 is 0 Å². The zero-order chi connectivity index (χ0) is 13.7. The van der Waals surface area contributed by atoms with Gasteiger partial charge in [-0.05, 0) is 25.2 Å². The minimum atomic E-state index is 0.0430. The van der Waals surface area contributed by atoms with Gasteiger partial charge in [-0.3, -0.25) is 0 Å². The van der Waals surface area contributed by atoms with Crippen molar-refractivity contribution in [2.45, 2.75) is 20.3 Å². The summed E-state index contributed by atoms with van der Waals surface area (Å²) in [5.41, 5.74) is 0.323. The van der Waals surface area contributed by atoms with E-state index in [2.05, 4.69) is 33.9 Å². The number of aromatic nitrogens is 3. The maximum atomic E-state index is 9.67. The molecule has 0 aliphatic rings. The third-order valence-corrected chi connectivity index (χ3v) is 3.00. The lowest BCUT2D eigenvalue weighted by atomic mass is 10.3. The molecule has 0 saturated heterocycles. The second kappa shape index (κ2) is 6.29. The number of rotatable bonds is 6. The lowest BCUT2D eigenvalue weighted by Crippen LogP contribution is -2.25. The lowest BCUT2D eigenvalue weighted by Gasteiger charge is -2.16. The van der Waals surface area contributed by atoms with E-state index in [1.807, 2.05) is 0 Å². The number of likely N-dealkylation sites (N-methyl/N-ethyl adjacent to an activating group) is 1. The molecule has 0 radical (unpaired) electrons. The molecule has 2 aromatic rings. The van der Waals surface area contributed by atoms with Crippen LogP contribution in [-0.2, 0) is 6.42 Å². The molecule has 0 aromatic carbocycles. The van der Waals surface area contributed by atoms with Crippen LogP contribution in [0.1, 0.15) is 19.7 Å². The van der Waals surface area contributed by atoms with E-state index in [4.69, 9.17) is 4.52 Å². The van der Waals surface area contributed by atoms with Crippen LogP contribution >= 0.6 is 0 Å². The summed E-state index contributed by atoms with van der Waals surface area (Å²) in [6, 6.07) is 3.19. The van der Waals surface area contributed by atoms with Gasteiger partial charge in [0.25, 0.3) is 5.89 Å². The van der Waals surface area contributed by atoms with Gasteiger partial charge in [0.15, 0.2) is 11.5 Å². The van der Waals surface area contributed by atoms with Gasteiger partial charge in [0.05, 0.1) is 0 Å². The van der Waals surface area contributed by atoms with E-state index < -0.39 is 0 Å². The first-order valence-corrected chi connectivity index (χ1v) is 6.43. The van der Waals surface area contributed by atoms with E-state index in [1.165, 1.54) is 0 Å². The van der Waals surface area contributed by atoms with E-state index in [9.17, 15) is 5.11 Å². The third-order valence-electron chi connectivity index (χ3n) is 3.00. The van der Waals surface area contributed by atoms with E-state index in [-0.39, 0.29) is 11.6 Å². The fraction of sp³-hybridized carbons (Fsp3) is 0.462. The Bertz CT molecular complexity index is 523. The quantitative estimate of drug-likeness (QED) is 0.854. The molecular weight excluding hydrogens is 244 g/mol. The Balaban J connectivity index is 2.05. The zero-order valence-electron chi connectivity index (χ0n) is 11.2. The van der Waals surface area contributed by atoms with Gasteiger partial charge in [-0.25, -0.2) is 4.98 Å². The average molecular weight is 262 g/mol. The third kappa shape index (κ3) is 3.29. The van der Waals surface area contributed by atoms with Crippen molar-refractivity contribution < 1.29 is 9.63 Å². The topological polar surface area (TPSA) is 75.3 Å². The van der Waals surface area contributed by atoms with Crippen molar-refractivity contribution in [1.29, 1.82) is 0 Å². The predicted octanol–water partition coefficient (Wildman–Crippen LogP) is 1.72. The van der Waals surface area contributed by atoms with Crippen molar-refractivity contribution in [2.24, 2.45) is 0 Å². The van der Waals surface area contributed by atoms with Gasteiger partial charge in [-0.15, -0.1) is 0 Å². The Morgan fingerprint density at radius 2 is 2.11 bits per heavy atom. The molecule has 0 aliphatic heterocycles. The van der Waals surface area contributed by atoms with Crippen molar-refractivity contribution in [3.05, 3.63) is 24.2 Å². The number of nitrogens with zero attached hydrogens (tertiary/aromatic N) is 4. The maximum Gasteiger partial charge on any atom is 0.280 e. The molecule has 19 heavy (non-hydrogen) atoms. The van der Waals surface area contributed by atoms with Crippen LogP contribution in [0.5, 0.6) is 5.75 Å². The molecule has 0 amide bonds. The van der Waals surface area contributed by atoms with Crippen molar-refractivity contribution in [1.82, 2.24) is 20.0 Å². The first-order chi connectivity index (χ1) is 9.24. The molecule has 6 nitrogen and oxygen atoms in total. The Labute approximate surface area is 112 Å². The molecule has 102 valence electrons. The molecule has 0 spiro atoms. The molecule has 0 saturated carbocycles. The molecule has 6 heteroatoms. The molecule has 0 aliphatic carbocycles. The smallest absolute Gasteiger partial charge is 0.280 e. The second-order valence-electron chi connectivity index (χ2n) is 4.16. The molecule has 0 atom stereocenters. The van der Waals surface area contributed by atoms with Crippen molar-refractivity contribution in [3.63, 3.8) is 0 Å². The molecule has 0 fully saturated rings.